The van der Waals surface area contributed by atoms with Gasteiger partial charge in [0, 0.05) is 12.6 Å². The summed E-state index contributed by atoms with van der Waals surface area (Å²) >= 11 is 4.92. The van der Waals surface area contributed by atoms with Crippen molar-refractivity contribution < 1.29 is 13.9 Å². The van der Waals surface area contributed by atoms with E-state index in [0.29, 0.717) is 22.2 Å². The standard InChI is InChI=1S/C17H18FN3O2S/c1-19-17(24)21-20-10-12-7-8-15(16(9-12)22-2)23-11-13-5-3-4-6-14(13)18/h3-10H,11H2,1-2H3,(H2,19,21,24)/b20-10-. The Kier molecular flexibility index (Phi) is 6.51. The number of methoxy groups -OCH3 is 1. The van der Waals surface area contributed by atoms with Crippen molar-refractivity contribution in [3.8, 4) is 11.5 Å². The van der Waals surface area contributed by atoms with Gasteiger partial charge >= 0.3 is 0 Å². The van der Waals surface area contributed by atoms with Crippen molar-refractivity contribution in [2.75, 3.05) is 14.2 Å². The number of halogens is 1. The maximum absolute atomic E-state index is 13.6. The predicted octanol–water partition coefficient (Wildman–Crippen LogP) is 2.84. The molecule has 0 amide bonds. The number of hydrazone groups is 1. The highest BCUT2D eigenvalue weighted by Gasteiger charge is 2.07. The van der Waals surface area contributed by atoms with Gasteiger partial charge in [0.1, 0.15) is 12.4 Å². The number of benzene rings is 2. The number of nitrogens with one attached hydrogen (secondary N) is 2. The average Bonchev–Trinajstić information content (AvgIpc) is 2.61. The highest BCUT2D eigenvalue weighted by Crippen LogP contribution is 2.28. The van der Waals surface area contributed by atoms with Gasteiger partial charge < -0.3 is 14.8 Å². The van der Waals surface area contributed by atoms with E-state index >= 15 is 0 Å². The van der Waals surface area contributed by atoms with Gasteiger partial charge in [-0.25, -0.2) is 4.39 Å². The minimum Gasteiger partial charge on any atom is -0.493 e. The number of hydrogen-bond donors (Lipinski definition) is 2. The highest BCUT2D eigenvalue weighted by molar-refractivity contribution is 7.80. The molecule has 2 aromatic rings. The van der Waals surface area contributed by atoms with Crippen LogP contribution in [0.15, 0.2) is 47.6 Å². The SMILES string of the molecule is CNC(=S)N/N=C\c1ccc(OCc2ccccc2F)c(OC)c1. The zero-order valence-electron chi connectivity index (χ0n) is 13.4. The van der Waals surface area contributed by atoms with E-state index in [4.69, 9.17) is 21.7 Å². The number of nitrogens with zero attached hydrogens (tertiary/aromatic N) is 1. The molecule has 0 unspecified atom stereocenters. The molecule has 0 aliphatic carbocycles. The van der Waals surface area contributed by atoms with E-state index in [1.165, 1.54) is 6.07 Å². The lowest BCUT2D eigenvalue weighted by Gasteiger charge is -2.11. The molecule has 0 aliphatic heterocycles. The second-order valence-corrected chi connectivity index (χ2v) is 5.15. The summed E-state index contributed by atoms with van der Waals surface area (Å²) in [5, 5.41) is 7.17. The number of thiocarbonyl (C=S) groups is 1. The lowest BCUT2D eigenvalue weighted by molar-refractivity contribution is 0.279. The van der Waals surface area contributed by atoms with E-state index in [0.717, 1.165) is 5.56 Å². The Hall–Kier alpha value is -2.67. The Morgan fingerprint density at radius 3 is 2.75 bits per heavy atom. The molecule has 0 aromatic heterocycles. The summed E-state index contributed by atoms with van der Waals surface area (Å²) < 4.78 is 24.6. The van der Waals surface area contributed by atoms with Crippen LogP contribution in [0.25, 0.3) is 0 Å². The normalized spacial score (nSPS) is 10.5. The molecule has 0 fully saturated rings. The van der Waals surface area contributed by atoms with E-state index in [9.17, 15) is 4.39 Å². The number of hydrogen-bond acceptors (Lipinski definition) is 4. The second kappa shape index (κ2) is 8.83. The topological polar surface area (TPSA) is 54.9 Å². The monoisotopic (exact) mass is 347 g/mol. The maximum Gasteiger partial charge on any atom is 0.186 e. The van der Waals surface area contributed by atoms with Crippen LogP contribution in [-0.4, -0.2) is 25.5 Å². The molecule has 0 spiro atoms. The molecule has 7 heteroatoms. The fourth-order valence-corrected chi connectivity index (χ4v) is 1.93. The van der Waals surface area contributed by atoms with Gasteiger partial charge in [0.25, 0.3) is 0 Å². The quantitative estimate of drug-likeness (QED) is 0.478. The first kappa shape index (κ1) is 17.7. The molecule has 24 heavy (non-hydrogen) atoms. The zero-order valence-corrected chi connectivity index (χ0v) is 14.2. The van der Waals surface area contributed by atoms with Crippen LogP contribution in [0.5, 0.6) is 11.5 Å². The summed E-state index contributed by atoms with van der Waals surface area (Å²) in [4.78, 5) is 0. The smallest absolute Gasteiger partial charge is 0.186 e. The van der Waals surface area contributed by atoms with E-state index in [2.05, 4.69) is 15.8 Å². The first-order chi connectivity index (χ1) is 11.6. The molecule has 2 aromatic carbocycles. The third-order valence-electron chi connectivity index (χ3n) is 3.14. The van der Waals surface area contributed by atoms with E-state index in [1.54, 1.807) is 50.7 Å². The average molecular weight is 347 g/mol. The molecule has 126 valence electrons. The van der Waals surface area contributed by atoms with Gasteiger partial charge in [-0.2, -0.15) is 5.10 Å². The van der Waals surface area contributed by atoms with Crippen LogP contribution < -0.4 is 20.2 Å². The molecule has 5 nitrogen and oxygen atoms in total. The van der Waals surface area contributed by atoms with Crippen molar-refractivity contribution in [3.05, 3.63) is 59.4 Å². The van der Waals surface area contributed by atoms with Crippen LogP contribution >= 0.6 is 12.2 Å². The fraction of sp³-hybridized carbons (Fsp3) is 0.176. The van der Waals surface area contributed by atoms with Gasteiger partial charge in [-0.1, -0.05) is 18.2 Å². The number of ether oxygens (including phenoxy) is 2. The zero-order chi connectivity index (χ0) is 17.4. The first-order valence-corrected chi connectivity index (χ1v) is 7.60. The van der Waals surface area contributed by atoms with E-state index in [-0.39, 0.29) is 12.4 Å². The lowest BCUT2D eigenvalue weighted by atomic mass is 10.2. The maximum atomic E-state index is 13.6. The molecular formula is C17H18FN3O2S. The Labute approximate surface area is 145 Å². The molecular weight excluding hydrogens is 329 g/mol. The summed E-state index contributed by atoms with van der Waals surface area (Å²) in [6.45, 7) is 0.120. The van der Waals surface area contributed by atoms with Crippen LogP contribution in [0.3, 0.4) is 0 Å². The van der Waals surface area contributed by atoms with Crippen LogP contribution in [-0.2, 0) is 6.61 Å². The molecule has 2 N–H and O–H groups in total. The summed E-state index contributed by atoms with van der Waals surface area (Å²) in [6, 6.07) is 11.8. The molecule has 0 bridgehead atoms. The van der Waals surface area contributed by atoms with Gasteiger partial charge in [0.05, 0.1) is 13.3 Å². The second-order valence-electron chi connectivity index (χ2n) is 4.74. The Balaban J connectivity index is 2.06. The highest BCUT2D eigenvalue weighted by atomic mass is 32.1. The molecule has 0 radical (unpaired) electrons. The molecule has 0 saturated carbocycles. The summed E-state index contributed by atoms with van der Waals surface area (Å²) in [6.07, 6.45) is 1.60. The lowest BCUT2D eigenvalue weighted by Crippen LogP contribution is -2.28. The Morgan fingerprint density at radius 2 is 2.04 bits per heavy atom. The third kappa shape index (κ3) is 4.92. The van der Waals surface area contributed by atoms with Gasteiger partial charge in [-0.3, -0.25) is 5.43 Å². The van der Waals surface area contributed by atoms with Crippen molar-refractivity contribution in [2.24, 2.45) is 5.10 Å². The summed E-state index contributed by atoms with van der Waals surface area (Å²) in [7, 11) is 3.25. The van der Waals surface area contributed by atoms with Crippen molar-refractivity contribution >= 4 is 23.5 Å². The molecule has 0 aliphatic rings. The minimum absolute atomic E-state index is 0.120. The predicted molar refractivity (Wildman–Crippen MR) is 96.1 cm³/mol. The Morgan fingerprint density at radius 1 is 1.25 bits per heavy atom. The fourth-order valence-electron chi connectivity index (χ4n) is 1.88. The van der Waals surface area contributed by atoms with Crippen molar-refractivity contribution in [2.45, 2.75) is 6.61 Å². The minimum atomic E-state index is -0.299. The molecule has 2 rings (SSSR count). The summed E-state index contributed by atoms with van der Waals surface area (Å²) in [5.41, 5.74) is 3.95. The van der Waals surface area contributed by atoms with Gasteiger partial charge in [0.15, 0.2) is 16.6 Å². The molecule has 0 atom stereocenters. The van der Waals surface area contributed by atoms with Crippen LogP contribution in [0.4, 0.5) is 4.39 Å². The largest absolute Gasteiger partial charge is 0.493 e. The number of rotatable bonds is 6. The first-order valence-electron chi connectivity index (χ1n) is 7.19. The van der Waals surface area contributed by atoms with Crippen molar-refractivity contribution in [1.29, 1.82) is 0 Å². The van der Waals surface area contributed by atoms with Crippen molar-refractivity contribution in [1.82, 2.24) is 10.7 Å². The van der Waals surface area contributed by atoms with E-state index in [1.807, 2.05) is 6.07 Å². The van der Waals surface area contributed by atoms with Gasteiger partial charge in [-0.05, 0) is 42.0 Å². The third-order valence-corrected chi connectivity index (χ3v) is 3.43. The van der Waals surface area contributed by atoms with Crippen LogP contribution in [0.2, 0.25) is 0 Å². The van der Waals surface area contributed by atoms with Crippen LogP contribution in [0, 0.1) is 5.82 Å². The Bertz CT molecular complexity index is 738. The van der Waals surface area contributed by atoms with E-state index < -0.39 is 0 Å². The van der Waals surface area contributed by atoms with Crippen molar-refractivity contribution in [3.63, 3.8) is 0 Å². The summed E-state index contributed by atoms with van der Waals surface area (Å²) in [5.74, 6) is 0.759. The van der Waals surface area contributed by atoms with Crippen LogP contribution in [0.1, 0.15) is 11.1 Å². The van der Waals surface area contributed by atoms with Gasteiger partial charge in [0.2, 0.25) is 0 Å². The molecule has 0 heterocycles. The van der Waals surface area contributed by atoms with Gasteiger partial charge in [-0.15, -0.1) is 0 Å². The molecule has 0 saturated heterocycles.